The van der Waals surface area contributed by atoms with Gasteiger partial charge in [0.15, 0.2) is 0 Å². The maximum absolute atomic E-state index is 13.0. The number of hydrogen-bond donors (Lipinski definition) is 1. The molecule has 0 unspecified atom stereocenters. The molecule has 1 saturated heterocycles. The van der Waals surface area contributed by atoms with Gasteiger partial charge in [-0.15, -0.1) is 0 Å². The fourth-order valence-electron chi connectivity index (χ4n) is 3.53. The third-order valence-electron chi connectivity index (χ3n) is 5.26. The monoisotopic (exact) mass is 406 g/mol. The van der Waals surface area contributed by atoms with Crippen molar-refractivity contribution in [3.05, 3.63) is 53.5 Å². The number of halogens is 3. The molecule has 1 aromatic carbocycles. The van der Waals surface area contributed by atoms with Crippen LogP contribution < -0.4 is 10.2 Å². The third-order valence-corrected chi connectivity index (χ3v) is 5.26. The number of nitrogens with one attached hydrogen (secondary N) is 1. The van der Waals surface area contributed by atoms with Gasteiger partial charge in [-0.3, -0.25) is 4.79 Å². The molecule has 5 nitrogen and oxygen atoms in total. The van der Waals surface area contributed by atoms with Crippen LogP contribution in [0.15, 0.2) is 36.4 Å². The van der Waals surface area contributed by atoms with Gasteiger partial charge in [-0.25, -0.2) is 9.97 Å². The van der Waals surface area contributed by atoms with Gasteiger partial charge in [-0.05, 0) is 31.2 Å². The van der Waals surface area contributed by atoms with Crippen LogP contribution in [0.3, 0.4) is 0 Å². The van der Waals surface area contributed by atoms with Gasteiger partial charge in [0, 0.05) is 31.6 Å². The highest BCUT2D eigenvalue weighted by molar-refractivity contribution is 5.79. The van der Waals surface area contributed by atoms with Crippen LogP contribution in [-0.2, 0) is 11.0 Å². The zero-order chi connectivity index (χ0) is 21.0. The second-order valence-electron chi connectivity index (χ2n) is 7.47. The lowest BCUT2D eigenvalue weighted by Crippen LogP contribution is -2.41. The third kappa shape index (κ3) is 5.46. The van der Waals surface area contributed by atoms with Crippen molar-refractivity contribution in [1.82, 2.24) is 15.3 Å². The predicted octanol–water partition coefficient (Wildman–Crippen LogP) is 3.94. The summed E-state index contributed by atoms with van der Waals surface area (Å²) in [6, 6.07) is 11.0. The number of nitrogens with zero attached hydrogens (tertiary/aromatic N) is 3. The first-order chi connectivity index (χ1) is 13.7. The fourth-order valence-corrected chi connectivity index (χ4v) is 3.53. The van der Waals surface area contributed by atoms with Crippen LogP contribution in [-0.4, -0.2) is 35.5 Å². The molecule has 1 N–H and O–H groups in total. The fraction of sp³-hybridized carbons (Fsp3) is 0.476. The van der Waals surface area contributed by atoms with Crippen molar-refractivity contribution >= 4 is 11.7 Å². The van der Waals surface area contributed by atoms with Crippen LogP contribution in [0.25, 0.3) is 0 Å². The summed E-state index contributed by atoms with van der Waals surface area (Å²) in [5.74, 6) is 0.428. The van der Waals surface area contributed by atoms with Gasteiger partial charge in [0.05, 0.1) is 0 Å². The molecule has 0 spiro atoms. The van der Waals surface area contributed by atoms with Crippen molar-refractivity contribution in [2.45, 2.75) is 38.8 Å². The molecule has 0 bridgehead atoms. The Labute approximate surface area is 168 Å². The molecular weight excluding hydrogens is 381 g/mol. The number of carbonyl (C=O) groups is 1. The molecule has 1 atom stereocenters. The summed E-state index contributed by atoms with van der Waals surface area (Å²) in [7, 11) is 0. The lowest BCUT2D eigenvalue weighted by Gasteiger charge is -2.32. The first-order valence-electron chi connectivity index (χ1n) is 9.74. The Bertz CT molecular complexity index is 834. The molecule has 0 saturated carbocycles. The topological polar surface area (TPSA) is 58.1 Å². The van der Waals surface area contributed by atoms with E-state index >= 15 is 0 Å². The second-order valence-corrected chi connectivity index (χ2v) is 7.47. The van der Waals surface area contributed by atoms with Crippen LogP contribution in [0.4, 0.5) is 19.0 Å². The van der Waals surface area contributed by atoms with Crippen LogP contribution >= 0.6 is 0 Å². The maximum Gasteiger partial charge on any atom is 0.433 e. The Kier molecular flexibility index (Phi) is 6.39. The normalized spacial score (nSPS) is 16.5. The number of piperidine rings is 1. The second kappa shape index (κ2) is 8.80. The number of aromatic nitrogens is 2. The van der Waals surface area contributed by atoms with E-state index in [9.17, 15) is 18.0 Å². The van der Waals surface area contributed by atoms with Gasteiger partial charge < -0.3 is 10.2 Å². The van der Waals surface area contributed by atoms with Crippen molar-refractivity contribution in [3.8, 4) is 0 Å². The number of benzene rings is 1. The SMILES string of the molecule is Cc1nc(N2CCC(C(=O)NC[C@@H](C)c3ccccc3)CC2)cc(C(F)(F)F)n1. The number of carbonyl (C=O) groups excluding carboxylic acids is 1. The molecule has 0 radical (unpaired) electrons. The summed E-state index contributed by atoms with van der Waals surface area (Å²) >= 11 is 0. The van der Waals surface area contributed by atoms with E-state index in [1.807, 2.05) is 30.3 Å². The Morgan fingerprint density at radius 3 is 2.48 bits per heavy atom. The molecule has 0 aliphatic carbocycles. The lowest BCUT2D eigenvalue weighted by atomic mass is 9.95. The van der Waals surface area contributed by atoms with Gasteiger partial charge in [-0.1, -0.05) is 37.3 Å². The van der Waals surface area contributed by atoms with E-state index in [4.69, 9.17) is 0 Å². The highest BCUT2D eigenvalue weighted by atomic mass is 19.4. The van der Waals surface area contributed by atoms with E-state index in [-0.39, 0.29) is 29.4 Å². The number of rotatable bonds is 5. The van der Waals surface area contributed by atoms with Gasteiger partial charge in [0.2, 0.25) is 5.91 Å². The Morgan fingerprint density at radius 2 is 1.86 bits per heavy atom. The summed E-state index contributed by atoms with van der Waals surface area (Å²) in [6.45, 7) is 5.05. The smallest absolute Gasteiger partial charge is 0.356 e. The number of amides is 1. The van der Waals surface area contributed by atoms with Gasteiger partial charge in [0.1, 0.15) is 17.3 Å². The summed E-state index contributed by atoms with van der Waals surface area (Å²) < 4.78 is 39.0. The molecular formula is C21H25F3N4O. The summed E-state index contributed by atoms with van der Waals surface area (Å²) in [5, 5.41) is 3.01. The van der Waals surface area contributed by atoms with Crippen molar-refractivity contribution in [1.29, 1.82) is 0 Å². The predicted molar refractivity (Wildman–Crippen MR) is 105 cm³/mol. The average molecular weight is 406 g/mol. The van der Waals surface area contributed by atoms with Crippen LogP contribution in [0, 0.1) is 12.8 Å². The zero-order valence-electron chi connectivity index (χ0n) is 16.5. The number of alkyl halides is 3. The molecule has 8 heteroatoms. The standard InChI is InChI=1S/C21H25F3N4O/c1-14(16-6-4-3-5-7-16)13-25-20(29)17-8-10-28(11-9-17)19-12-18(21(22,23)24)26-15(2)27-19/h3-7,12,14,17H,8-11,13H2,1-2H3,(H,25,29)/t14-/m1/s1. The van der Waals surface area contributed by atoms with E-state index in [1.54, 1.807) is 4.90 Å². The van der Waals surface area contributed by atoms with Gasteiger partial charge in [0.25, 0.3) is 0 Å². The molecule has 1 aliphatic rings. The molecule has 1 fully saturated rings. The highest BCUT2D eigenvalue weighted by Crippen LogP contribution is 2.31. The van der Waals surface area contributed by atoms with Crippen molar-refractivity contribution < 1.29 is 18.0 Å². The molecule has 2 heterocycles. The highest BCUT2D eigenvalue weighted by Gasteiger charge is 2.34. The molecule has 29 heavy (non-hydrogen) atoms. The van der Waals surface area contributed by atoms with Crippen LogP contribution in [0.2, 0.25) is 0 Å². The minimum absolute atomic E-state index is 0.00211. The van der Waals surface area contributed by atoms with E-state index in [0.29, 0.717) is 32.5 Å². The summed E-state index contributed by atoms with van der Waals surface area (Å²) in [5.41, 5.74) is 0.233. The maximum atomic E-state index is 13.0. The first-order valence-corrected chi connectivity index (χ1v) is 9.74. The largest absolute Gasteiger partial charge is 0.433 e. The number of aryl methyl sites for hydroxylation is 1. The zero-order valence-corrected chi connectivity index (χ0v) is 16.5. The summed E-state index contributed by atoms with van der Waals surface area (Å²) in [4.78, 5) is 21.9. The quantitative estimate of drug-likeness (QED) is 0.817. The van der Waals surface area contributed by atoms with Gasteiger partial charge in [-0.2, -0.15) is 13.2 Å². The van der Waals surface area contributed by atoms with E-state index in [0.717, 1.165) is 6.07 Å². The Morgan fingerprint density at radius 1 is 1.21 bits per heavy atom. The number of hydrogen-bond acceptors (Lipinski definition) is 4. The minimum atomic E-state index is -4.50. The van der Waals surface area contributed by atoms with Crippen LogP contribution in [0.1, 0.15) is 42.8 Å². The van der Waals surface area contributed by atoms with Crippen molar-refractivity contribution in [2.24, 2.45) is 5.92 Å². The molecule has 3 rings (SSSR count). The average Bonchev–Trinajstić information content (AvgIpc) is 2.71. The van der Waals surface area contributed by atoms with Crippen molar-refractivity contribution in [3.63, 3.8) is 0 Å². The minimum Gasteiger partial charge on any atom is -0.356 e. The number of anilines is 1. The first kappa shape index (κ1) is 21.1. The Hall–Kier alpha value is -2.64. The molecule has 1 aliphatic heterocycles. The van der Waals surface area contributed by atoms with E-state index < -0.39 is 11.9 Å². The molecule has 1 amide bonds. The molecule has 156 valence electrons. The lowest BCUT2D eigenvalue weighted by molar-refractivity contribution is -0.141. The molecule has 2 aromatic rings. The summed E-state index contributed by atoms with van der Waals surface area (Å²) in [6.07, 6.45) is -3.35. The van der Waals surface area contributed by atoms with Gasteiger partial charge >= 0.3 is 6.18 Å². The Balaban J connectivity index is 1.54. The van der Waals surface area contributed by atoms with Crippen LogP contribution in [0.5, 0.6) is 0 Å². The van der Waals surface area contributed by atoms with E-state index in [1.165, 1.54) is 12.5 Å². The van der Waals surface area contributed by atoms with E-state index in [2.05, 4.69) is 22.2 Å². The van der Waals surface area contributed by atoms with Crippen molar-refractivity contribution in [2.75, 3.05) is 24.5 Å². The molecule has 1 aromatic heterocycles.